The van der Waals surface area contributed by atoms with Crippen LogP contribution in [0.5, 0.6) is 0 Å². The van der Waals surface area contributed by atoms with E-state index in [0.717, 1.165) is 21.1 Å². The smallest absolute Gasteiger partial charge is 0.107 e. The maximum Gasteiger partial charge on any atom is 0.107 e. The molecule has 0 aliphatic rings. The van der Waals surface area contributed by atoms with Crippen LogP contribution in [-0.2, 0) is 39.4 Å². The Morgan fingerprint density at radius 3 is 1.24 bits per heavy atom. The number of hydrogen-bond donors (Lipinski definition) is 0. The Morgan fingerprint density at radius 2 is 0.970 bits per heavy atom. The Balaban J connectivity index is 1.98. The van der Waals surface area contributed by atoms with Crippen LogP contribution in [0.3, 0.4) is 0 Å². The minimum atomic E-state index is -0.265. The fraction of sp³-hybridized carbons (Fsp3) is 0.333. The van der Waals surface area contributed by atoms with Crippen LogP contribution < -0.4 is 0 Å². The molecule has 0 amide bonds. The molecule has 3 aromatic heterocycles. The average Bonchev–Trinajstić information content (AvgIpc) is 3.58. The van der Waals surface area contributed by atoms with Gasteiger partial charge in [0.1, 0.15) is 19.8 Å². The molecule has 0 saturated carbocycles. The molecule has 3 aromatic rings. The molecule has 0 aliphatic heterocycles. The van der Waals surface area contributed by atoms with Crippen molar-refractivity contribution >= 4 is 34.0 Å². The van der Waals surface area contributed by atoms with Crippen LogP contribution in [0, 0.1) is 37.0 Å². The summed E-state index contributed by atoms with van der Waals surface area (Å²) < 4.78 is 16.7. The second-order valence-electron chi connectivity index (χ2n) is 7.15. The van der Waals surface area contributed by atoms with Crippen molar-refractivity contribution in [1.29, 1.82) is 0 Å². The molecule has 0 fully saturated rings. The van der Waals surface area contributed by atoms with Gasteiger partial charge in [-0.25, -0.2) is 0 Å². The molecule has 0 aliphatic carbocycles. The molecule has 3 nitrogen and oxygen atoms in total. The van der Waals surface area contributed by atoms with E-state index in [1.54, 1.807) is 34.0 Å². The standard InChI is InChI=1S/C27H26O3S3/c1-5-15-28-18-21-9-12-24(31-21)27(8-4,25-13-10-22(32-25)19-29-16-6-2)26-14-11-23(33-26)20-30-17-7-3/h1-3,9-14H,8,15-20H2,4H3. The van der Waals surface area contributed by atoms with Gasteiger partial charge in [0, 0.05) is 29.3 Å². The summed E-state index contributed by atoms with van der Waals surface area (Å²) in [6.45, 7) is 4.70. The highest BCUT2D eigenvalue weighted by Crippen LogP contribution is 2.49. The molecule has 33 heavy (non-hydrogen) atoms. The summed E-state index contributed by atoms with van der Waals surface area (Å²) in [6, 6.07) is 13.0. The van der Waals surface area contributed by atoms with Gasteiger partial charge >= 0.3 is 0 Å². The van der Waals surface area contributed by atoms with Gasteiger partial charge in [-0.1, -0.05) is 24.7 Å². The van der Waals surface area contributed by atoms with E-state index in [1.807, 2.05) is 0 Å². The largest absolute Gasteiger partial charge is 0.363 e. The van der Waals surface area contributed by atoms with Gasteiger partial charge in [0.05, 0.1) is 25.2 Å². The molecular weight excluding hydrogens is 468 g/mol. The summed E-state index contributed by atoms with van der Waals surface area (Å²) >= 11 is 5.31. The predicted molar refractivity (Wildman–Crippen MR) is 139 cm³/mol. The summed E-state index contributed by atoms with van der Waals surface area (Å²) in [5.41, 5.74) is -0.265. The summed E-state index contributed by atoms with van der Waals surface area (Å²) in [4.78, 5) is 7.30. The van der Waals surface area contributed by atoms with Crippen molar-refractivity contribution in [3.05, 3.63) is 65.7 Å². The van der Waals surface area contributed by atoms with E-state index in [4.69, 9.17) is 33.5 Å². The minimum absolute atomic E-state index is 0.265. The van der Waals surface area contributed by atoms with Crippen LogP contribution in [0.1, 0.15) is 42.6 Å². The molecule has 3 rings (SSSR count). The monoisotopic (exact) mass is 494 g/mol. The molecule has 0 spiro atoms. The van der Waals surface area contributed by atoms with Crippen molar-refractivity contribution in [2.75, 3.05) is 19.8 Å². The zero-order valence-electron chi connectivity index (χ0n) is 18.6. The summed E-state index contributed by atoms with van der Waals surface area (Å²) in [5.74, 6) is 7.57. The first-order chi connectivity index (χ1) is 16.2. The third-order valence-corrected chi connectivity index (χ3v) is 8.73. The topological polar surface area (TPSA) is 27.7 Å². The van der Waals surface area contributed by atoms with Crippen LogP contribution in [0.4, 0.5) is 0 Å². The number of ether oxygens (including phenoxy) is 3. The highest BCUT2D eigenvalue weighted by atomic mass is 32.1. The van der Waals surface area contributed by atoms with E-state index in [2.05, 4.69) is 61.1 Å². The molecule has 0 saturated heterocycles. The first-order valence-electron chi connectivity index (χ1n) is 10.5. The highest BCUT2D eigenvalue weighted by Gasteiger charge is 2.39. The van der Waals surface area contributed by atoms with E-state index in [1.165, 1.54) is 14.6 Å². The molecular formula is C27H26O3S3. The predicted octanol–water partition coefficient (Wildman–Crippen LogP) is 6.06. The third-order valence-electron chi connectivity index (χ3n) is 5.07. The lowest BCUT2D eigenvalue weighted by Gasteiger charge is -2.30. The number of thiophene rings is 3. The van der Waals surface area contributed by atoms with Gasteiger partial charge in [-0.2, -0.15) is 0 Å². The second-order valence-corrected chi connectivity index (χ2v) is 10.7. The summed E-state index contributed by atoms with van der Waals surface area (Å²) in [6.07, 6.45) is 16.9. The summed E-state index contributed by atoms with van der Waals surface area (Å²) in [5, 5.41) is 0. The first kappa shape index (κ1) is 25.3. The van der Waals surface area contributed by atoms with E-state index in [0.29, 0.717) is 39.6 Å². The van der Waals surface area contributed by atoms with Crippen LogP contribution in [0.2, 0.25) is 0 Å². The van der Waals surface area contributed by atoms with Crippen molar-refractivity contribution < 1.29 is 14.2 Å². The second kappa shape index (κ2) is 12.8. The Labute approximate surface area is 208 Å². The van der Waals surface area contributed by atoms with Gasteiger partial charge in [0.25, 0.3) is 0 Å². The molecule has 0 bridgehead atoms. The van der Waals surface area contributed by atoms with Gasteiger partial charge in [-0.05, 0) is 42.8 Å². The van der Waals surface area contributed by atoms with Gasteiger partial charge < -0.3 is 14.2 Å². The zero-order valence-corrected chi connectivity index (χ0v) is 21.0. The Morgan fingerprint density at radius 1 is 0.636 bits per heavy atom. The fourth-order valence-corrected chi connectivity index (χ4v) is 7.47. The lowest BCUT2D eigenvalue weighted by molar-refractivity contribution is 0.156. The quantitative estimate of drug-likeness (QED) is 0.213. The van der Waals surface area contributed by atoms with E-state index < -0.39 is 0 Å². The van der Waals surface area contributed by atoms with E-state index >= 15 is 0 Å². The number of terminal acetylenes is 3. The third kappa shape index (κ3) is 6.17. The SMILES string of the molecule is C#CCOCc1ccc(C(CC)(c2ccc(COCC#C)s2)c2ccc(COCC#C)s2)s1. The lowest BCUT2D eigenvalue weighted by atomic mass is 9.80. The van der Waals surface area contributed by atoms with Gasteiger partial charge in [-0.3, -0.25) is 0 Å². The zero-order chi connectivity index (χ0) is 23.5. The molecule has 6 heteroatoms. The van der Waals surface area contributed by atoms with Crippen molar-refractivity contribution in [1.82, 2.24) is 0 Å². The maximum atomic E-state index is 5.57. The molecule has 0 radical (unpaired) electrons. The Bertz CT molecular complexity index is 1010. The maximum absolute atomic E-state index is 5.57. The van der Waals surface area contributed by atoms with Crippen LogP contribution in [0.25, 0.3) is 0 Å². The minimum Gasteiger partial charge on any atom is -0.363 e. The Hall–Kier alpha value is -2.34. The van der Waals surface area contributed by atoms with E-state index in [9.17, 15) is 0 Å². The molecule has 0 unspecified atom stereocenters. The first-order valence-corrected chi connectivity index (χ1v) is 12.9. The number of hydrogen-bond acceptors (Lipinski definition) is 6. The highest BCUT2D eigenvalue weighted by molar-refractivity contribution is 7.15. The van der Waals surface area contributed by atoms with Gasteiger partial charge in [0.15, 0.2) is 0 Å². The molecule has 0 aromatic carbocycles. The van der Waals surface area contributed by atoms with E-state index in [-0.39, 0.29) is 5.41 Å². The lowest BCUT2D eigenvalue weighted by Crippen LogP contribution is -2.25. The van der Waals surface area contributed by atoms with Gasteiger partial charge in [-0.15, -0.1) is 53.3 Å². The fourth-order valence-electron chi connectivity index (χ4n) is 3.57. The molecule has 3 heterocycles. The summed E-state index contributed by atoms with van der Waals surface area (Å²) in [7, 11) is 0. The molecule has 0 atom stereocenters. The van der Waals surface area contributed by atoms with Crippen molar-refractivity contribution in [3.63, 3.8) is 0 Å². The molecule has 0 N–H and O–H groups in total. The van der Waals surface area contributed by atoms with Crippen molar-refractivity contribution in [2.24, 2.45) is 0 Å². The Kier molecular flexibility index (Phi) is 9.79. The van der Waals surface area contributed by atoms with Crippen molar-refractivity contribution in [2.45, 2.75) is 38.6 Å². The number of rotatable bonds is 13. The van der Waals surface area contributed by atoms with Crippen LogP contribution >= 0.6 is 34.0 Å². The van der Waals surface area contributed by atoms with Gasteiger partial charge in [0.2, 0.25) is 0 Å². The van der Waals surface area contributed by atoms with Crippen LogP contribution in [0.15, 0.2) is 36.4 Å². The van der Waals surface area contributed by atoms with Crippen molar-refractivity contribution in [3.8, 4) is 37.0 Å². The normalized spacial score (nSPS) is 11.1. The molecule has 170 valence electrons. The van der Waals surface area contributed by atoms with Crippen LogP contribution in [-0.4, -0.2) is 19.8 Å². The average molecular weight is 495 g/mol.